The first-order valence-corrected chi connectivity index (χ1v) is 17.4. The molecule has 9 aromatic rings. The van der Waals surface area contributed by atoms with Crippen molar-refractivity contribution in [3.8, 4) is 27.9 Å². The van der Waals surface area contributed by atoms with Crippen molar-refractivity contribution in [3.05, 3.63) is 193 Å². The molecule has 10 rings (SSSR count). The smallest absolute Gasteiger partial charge is 0.0541 e. The van der Waals surface area contributed by atoms with Crippen LogP contribution in [0.5, 0.6) is 0 Å². The second kappa shape index (κ2) is 11.4. The Morgan fingerprint density at radius 2 is 1.06 bits per heavy atom. The summed E-state index contributed by atoms with van der Waals surface area (Å²) in [5.74, 6) is 0.348. The summed E-state index contributed by atoms with van der Waals surface area (Å²) in [6, 6.07) is 66.5. The molecule has 50 heavy (non-hydrogen) atoms. The summed E-state index contributed by atoms with van der Waals surface area (Å²) < 4.78 is 2.38. The van der Waals surface area contributed by atoms with Crippen LogP contribution >= 0.6 is 0 Å². The van der Waals surface area contributed by atoms with Crippen molar-refractivity contribution in [2.45, 2.75) is 12.8 Å². The van der Waals surface area contributed by atoms with Gasteiger partial charge in [-0.2, -0.15) is 0 Å². The Labute approximate surface area is 292 Å². The minimum Gasteiger partial charge on any atom is -0.310 e. The van der Waals surface area contributed by atoms with Crippen molar-refractivity contribution in [1.29, 1.82) is 0 Å². The molecule has 0 spiro atoms. The molecule has 0 saturated carbocycles. The first-order valence-electron chi connectivity index (χ1n) is 17.4. The topological polar surface area (TPSA) is 8.17 Å². The second-order valence-corrected chi connectivity index (χ2v) is 13.3. The number of hydrogen-bond acceptors (Lipinski definition) is 1. The van der Waals surface area contributed by atoms with Gasteiger partial charge in [0.25, 0.3) is 0 Å². The van der Waals surface area contributed by atoms with E-state index in [0.29, 0.717) is 5.92 Å². The molecule has 236 valence electrons. The van der Waals surface area contributed by atoms with Crippen molar-refractivity contribution >= 4 is 49.6 Å². The molecule has 0 bridgehead atoms. The Kier molecular flexibility index (Phi) is 6.50. The maximum atomic E-state index is 2.43. The molecule has 0 amide bonds. The normalized spacial score (nSPS) is 13.5. The lowest BCUT2D eigenvalue weighted by atomic mass is 9.95. The van der Waals surface area contributed by atoms with Gasteiger partial charge < -0.3 is 9.47 Å². The maximum absolute atomic E-state index is 2.43. The van der Waals surface area contributed by atoms with E-state index in [-0.39, 0.29) is 0 Å². The summed E-state index contributed by atoms with van der Waals surface area (Å²) in [6.45, 7) is 2.33. The molecule has 1 aromatic heterocycles. The van der Waals surface area contributed by atoms with Crippen LogP contribution in [0.1, 0.15) is 24.0 Å². The van der Waals surface area contributed by atoms with E-state index >= 15 is 0 Å². The SMILES string of the molecule is CC1c2ccccc2-c2ccc(N(c3ccccc3)c3ccc(-c4ccc5c(c4)c4ccccc4n5-c4ccccc4)c4ccccc34)cc21. The Bertz CT molecular complexity index is 2720. The van der Waals surface area contributed by atoms with Gasteiger partial charge in [0, 0.05) is 39.1 Å². The zero-order valence-corrected chi connectivity index (χ0v) is 27.8. The number of hydrogen-bond donors (Lipinski definition) is 0. The number of para-hydroxylation sites is 3. The number of aromatic nitrogens is 1. The lowest BCUT2D eigenvalue weighted by Gasteiger charge is -2.28. The van der Waals surface area contributed by atoms with Crippen LogP contribution in [0.4, 0.5) is 17.1 Å². The van der Waals surface area contributed by atoms with Crippen molar-refractivity contribution in [3.63, 3.8) is 0 Å². The summed E-state index contributed by atoms with van der Waals surface area (Å²) in [4.78, 5) is 2.43. The van der Waals surface area contributed by atoms with E-state index in [2.05, 4.69) is 198 Å². The molecule has 0 N–H and O–H groups in total. The monoisotopic (exact) mass is 638 g/mol. The highest BCUT2D eigenvalue weighted by Gasteiger charge is 2.27. The molecule has 1 aliphatic carbocycles. The van der Waals surface area contributed by atoms with Crippen molar-refractivity contribution in [1.82, 2.24) is 4.57 Å². The predicted molar refractivity (Wildman–Crippen MR) is 211 cm³/mol. The van der Waals surface area contributed by atoms with E-state index in [1.165, 1.54) is 83.0 Å². The molecule has 0 saturated heterocycles. The van der Waals surface area contributed by atoms with Crippen molar-refractivity contribution in [2.75, 3.05) is 4.90 Å². The van der Waals surface area contributed by atoms with Crippen LogP contribution in [0.3, 0.4) is 0 Å². The van der Waals surface area contributed by atoms with Gasteiger partial charge in [0.15, 0.2) is 0 Å². The molecule has 0 radical (unpaired) electrons. The maximum Gasteiger partial charge on any atom is 0.0541 e. The van der Waals surface area contributed by atoms with Crippen LogP contribution in [0, 0.1) is 0 Å². The molecule has 1 unspecified atom stereocenters. The van der Waals surface area contributed by atoms with Crippen LogP contribution in [0.2, 0.25) is 0 Å². The number of nitrogens with zero attached hydrogens (tertiary/aromatic N) is 2. The number of benzene rings is 8. The van der Waals surface area contributed by atoms with Crippen LogP contribution in [0.25, 0.3) is 60.5 Å². The zero-order valence-electron chi connectivity index (χ0n) is 27.8. The van der Waals surface area contributed by atoms with Gasteiger partial charge in [0.1, 0.15) is 0 Å². The lowest BCUT2D eigenvalue weighted by Crippen LogP contribution is -2.11. The molecule has 1 aliphatic rings. The van der Waals surface area contributed by atoms with Crippen LogP contribution in [0.15, 0.2) is 182 Å². The molecular weight excluding hydrogens is 605 g/mol. The Balaban J connectivity index is 1.15. The summed E-state index contributed by atoms with van der Waals surface area (Å²) in [5.41, 5.74) is 15.0. The highest BCUT2D eigenvalue weighted by Crippen LogP contribution is 2.48. The van der Waals surface area contributed by atoms with Crippen LogP contribution in [-0.4, -0.2) is 4.57 Å². The van der Waals surface area contributed by atoms with Gasteiger partial charge in [-0.15, -0.1) is 0 Å². The predicted octanol–water partition coefficient (Wildman–Crippen LogP) is 13.2. The molecule has 0 fully saturated rings. The third kappa shape index (κ3) is 4.35. The lowest BCUT2D eigenvalue weighted by molar-refractivity contribution is 0.956. The standard InChI is InChI=1S/C48H34N2/c1-32-37-18-8-9-19-39(37)41-26-25-36(31-44(32)41)49(34-14-4-2-5-15-34)47-29-27-38(40-20-10-11-21-42(40)47)33-24-28-48-45(30-33)43-22-12-13-23-46(43)50(48)35-16-6-3-7-17-35/h2-32H,1H3. The second-order valence-electron chi connectivity index (χ2n) is 13.3. The first kappa shape index (κ1) is 28.6. The largest absolute Gasteiger partial charge is 0.310 e. The molecule has 1 atom stereocenters. The average Bonchev–Trinajstić information content (AvgIpc) is 3.67. The summed E-state index contributed by atoms with van der Waals surface area (Å²) in [6.07, 6.45) is 0. The quantitative estimate of drug-likeness (QED) is 0.182. The van der Waals surface area contributed by atoms with Gasteiger partial charge in [0.05, 0.1) is 16.7 Å². The summed E-state index contributed by atoms with van der Waals surface area (Å²) >= 11 is 0. The minimum atomic E-state index is 0.348. The fourth-order valence-corrected chi connectivity index (χ4v) is 8.31. The van der Waals surface area contributed by atoms with Crippen molar-refractivity contribution in [2.24, 2.45) is 0 Å². The summed E-state index contributed by atoms with van der Waals surface area (Å²) in [5, 5.41) is 4.98. The van der Waals surface area contributed by atoms with Gasteiger partial charge in [-0.05, 0) is 99.4 Å². The molecule has 2 nitrogen and oxygen atoms in total. The van der Waals surface area contributed by atoms with E-state index in [1.807, 2.05) is 0 Å². The van der Waals surface area contributed by atoms with E-state index in [4.69, 9.17) is 0 Å². The zero-order chi connectivity index (χ0) is 33.2. The third-order valence-electron chi connectivity index (χ3n) is 10.6. The minimum absolute atomic E-state index is 0.348. The van der Waals surface area contributed by atoms with E-state index in [0.717, 1.165) is 5.69 Å². The Morgan fingerprint density at radius 3 is 1.90 bits per heavy atom. The van der Waals surface area contributed by atoms with E-state index in [9.17, 15) is 0 Å². The van der Waals surface area contributed by atoms with Gasteiger partial charge in [0.2, 0.25) is 0 Å². The molecule has 2 heteroatoms. The molecular formula is C48H34N2. The van der Waals surface area contributed by atoms with E-state index in [1.54, 1.807) is 0 Å². The van der Waals surface area contributed by atoms with Crippen LogP contribution in [-0.2, 0) is 0 Å². The molecule has 8 aromatic carbocycles. The van der Waals surface area contributed by atoms with Crippen molar-refractivity contribution < 1.29 is 0 Å². The fraction of sp³-hybridized carbons (Fsp3) is 0.0417. The fourth-order valence-electron chi connectivity index (χ4n) is 8.31. The van der Waals surface area contributed by atoms with Gasteiger partial charge >= 0.3 is 0 Å². The summed E-state index contributed by atoms with van der Waals surface area (Å²) in [7, 11) is 0. The Hall–Kier alpha value is -6.38. The van der Waals surface area contributed by atoms with Gasteiger partial charge in [-0.3, -0.25) is 0 Å². The molecule has 0 aliphatic heterocycles. The van der Waals surface area contributed by atoms with Gasteiger partial charge in [-0.1, -0.05) is 128 Å². The van der Waals surface area contributed by atoms with Gasteiger partial charge in [-0.25, -0.2) is 0 Å². The number of fused-ring (bicyclic) bond motifs is 7. The Morgan fingerprint density at radius 1 is 0.420 bits per heavy atom. The highest BCUT2D eigenvalue weighted by molar-refractivity contribution is 6.12. The number of anilines is 3. The first-order chi connectivity index (χ1) is 24.7. The third-order valence-corrected chi connectivity index (χ3v) is 10.6. The molecule has 1 heterocycles. The van der Waals surface area contributed by atoms with Crippen LogP contribution < -0.4 is 4.90 Å². The van der Waals surface area contributed by atoms with E-state index < -0.39 is 0 Å². The number of rotatable bonds is 5. The highest BCUT2D eigenvalue weighted by atomic mass is 15.1. The average molecular weight is 639 g/mol.